The summed E-state index contributed by atoms with van der Waals surface area (Å²) in [4.78, 5) is 8.78. The van der Waals surface area contributed by atoms with E-state index >= 15 is 0 Å². The highest BCUT2D eigenvalue weighted by Gasteiger charge is 2.04. The lowest BCUT2D eigenvalue weighted by molar-refractivity contribution is 1.26. The summed E-state index contributed by atoms with van der Waals surface area (Å²) in [5, 5.41) is 0.356. The first-order chi connectivity index (χ1) is 7.68. The summed E-state index contributed by atoms with van der Waals surface area (Å²) in [6.45, 7) is 0. The Morgan fingerprint density at radius 2 is 2.06 bits per heavy atom. The fourth-order valence-corrected chi connectivity index (χ4v) is 1.51. The zero-order valence-electron chi connectivity index (χ0n) is 8.84. The fraction of sp³-hybridized carbons (Fsp3) is 0.0909. The van der Waals surface area contributed by atoms with Crippen LogP contribution in [0.25, 0.3) is 11.3 Å². The van der Waals surface area contributed by atoms with E-state index in [4.69, 9.17) is 18.0 Å². The lowest BCUT2D eigenvalue weighted by Crippen LogP contribution is -2.31. The Kier molecular flexibility index (Phi) is 2.87. The van der Waals surface area contributed by atoms with Crippen LogP contribution in [0.1, 0.15) is 0 Å². The quantitative estimate of drug-likeness (QED) is 0.775. The molecule has 0 unspecified atom stereocenters. The molecule has 0 aliphatic carbocycles. The molecule has 0 radical (unpaired) electrons. The van der Waals surface area contributed by atoms with Crippen molar-refractivity contribution in [3.63, 3.8) is 0 Å². The summed E-state index contributed by atoms with van der Waals surface area (Å²) >= 11 is 4.90. The normalized spacial score (nSPS) is 10.1. The minimum atomic E-state index is 0.356. The van der Waals surface area contributed by atoms with Crippen LogP contribution in [0.4, 0.5) is 5.69 Å². The average molecular weight is 232 g/mol. The number of aromatic amines is 1. The van der Waals surface area contributed by atoms with Crippen LogP contribution >= 0.6 is 12.2 Å². The zero-order valence-corrected chi connectivity index (χ0v) is 9.66. The van der Waals surface area contributed by atoms with Crippen molar-refractivity contribution in [1.82, 2.24) is 9.97 Å². The van der Waals surface area contributed by atoms with Crippen LogP contribution in [0, 0.1) is 0 Å². The molecule has 0 atom stereocenters. The molecule has 1 heterocycles. The van der Waals surface area contributed by atoms with Crippen molar-refractivity contribution in [1.29, 1.82) is 0 Å². The molecule has 0 bridgehead atoms. The molecule has 0 spiro atoms. The van der Waals surface area contributed by atoms with Crippen LogP contribution in [0.3, 0.4) is 0 Å². The van der Waals surface area contributed by atoms with Gasteiger partial charge in [0.05, 0.1) is 18.2 Å². The van der Waals surface area contributed by atoms with E-state index in [1.807, 2.05) is 31.3 Å². The number of nitrogens with one attached hydrogen (secondary N) is 1. The summed E-state index contributed by atoms with van der Waals surface area (Å²) in [7, 11) is 1.84. The van der Waals surface area contributed by atoms with E-state index in [0.29, 0.717) is 5.11 Å². The van der Waals surface area contributed by atoms with Gasteiger partial charge in [0.25, 0.3) is 0 Å². The van der Waals surface area contributed by atoms with Crippen molar-refractivity contribution in [3.8, 4) is 11.3 Å². The Bertz CT molecular complexity index is 475. The number of nitrogens with two attached hydrogens (primary N) is 1. The van der Waals surface area contributed by atoms with E-state index in [-0.39, 0.29) is 0 Å². The molecule has 0 aliphatic heterocycles. The van der Waals surface area contributed by atoms with Gasteiger partial charge in [-0.2, -0.15) is 0 Å². The van der Waals surface area contributed by atoms with Gasteiger partial charge in [0, 0.05) is 12.7 Å². The lowest BCUT2D eigenvalue weighted by atomic mass is 10.1. The number of nitrogens with zero attached hydrogens (tertiary/aromatic N) is 2. The maximum Gasteiger partial charge on any atom is 0.170 e. The van der Waals surface area contributed by atoms with Gasteiger partial charge in [0.15, 0.2) is 5.11 Å². The van der Waals surface area contributed by atoms with Gasteiger partial charge in [-0.25, -0.2) is 4.98 Å². The van der Waals surface area contributed by atoms with E-state index in [9.17, 15) is 0 Å². The van der Waals surface area contributed by atoms with Crippen molar-refractivity contribution >= 4 is 23.0 Å². The fourth-order valence-electron chi connectivity index (χ4n) is 1.41. The highest BCUT2D eigenvalue weighted by Crippen LogP contribution is 2.20. The highest BCUT2D eigenvalue weighted by molar-refractivity contribution is 7.80. The van der Waals surface area contributed by atoms with E-state index < -0.39 is 0 Å². The van der Waals surface area contributed by atoms with Gasteiger partial charge in [-0.15, -0.1) is 0 Å². The second-order valence-corrected chi connectivity index (χ2v) is 3.83. The largest absolute Gasteiger partial charge is 0.376 e. The van der Waals surface area contributed by atoms with Crippen LogP contribution in [-0.4, -0.2) is 22.1 Å². The molecule has 82 valence electrons. The number of hydrogen-bond donors (Lipinski definition) is 2. The van der Waals surface area contributed by atoms with Crippen LogP contribution in [0.5, 0.6) is 0 Å². The van der Waals surface area contributed by atoms with Crippen LogP contribution in [0.2, 0.25) is 0 Å². The first-order valence-electron chi connectivity index (χ1n) is 4.80. The number of thiocarbonyl (C=S) groups is 1. The van der Waals surface area contributed by atoms with Gasteiger partial charge >= 0.3 is 0 Å². The minimum Gasteiger partial charge on any atom is -0.376 e. The van der Waals surface area contributed by atoms with Crippen molar-refractivity contribution < 1.29 is 0 Å². The molecule has 0 aliphatic rings. The van der Waals surface area contributed by atoms with Crippen molar-refractivity contribution in [2.45, 2.75) is 0 Å². The lowest BCUT2D eigenvalue weighted by Gasteiger charge is -2.16. The minimum absolute atomic E-state index is 0.356. The number of benzene rings is 1. The smallest absolute Gasteiger partial charge is 0.170 e. The number of hydrogen-bond acceptors (Lipinski definition) is 2. The molecule has 3 N–H and O–H groups in total. The summed E-state index contributed by atoms with van der Waals surface area (Å²) in [5.74, 6) is 0. The van der Waals surface area contributed by atoms with Gasteiger partial charge in [-0.1, -0.05) is 12.1 Å². The summed E-state index contributed by atoms with van der Waals surface area (Å²) in [6, 6.07) is 7.93. The molecule has 0 fully saturated rings. The molecule has 0 saturated carbocycles. The molecule has 2 aromatic rings. The predicted octanol–water partition coefficient (Wildman–Crippen LogP) is 1.76. The number of H-pyrrole nitrogens is 1. The first-order valence-corrected chi connectivity index (χ1v) is 5.21. The van der Waals surface area contributed by atoms with Crippen molar-refractivity contribution in [2.24, 2.45) is 5.73 Å². The first kappa shape index (κ1) is 10.6. The van der Waals surface area contributed by atoms with E-state index in [1.165, 1.54) is 0 Å². The van der Waals surface area contributed by atoms with Gasteiger partial charge in [0.1, 0.15) is 0 Å². The third-order valence-electron chi connectivity index (χ3n) is 2.39. The third kappa shape index (κ3) is 2.04. The molecule has 1 aromatic carbocycles. The Morgan fingerprint density at radius 1 is 1.38 bits per heavy atom. The molecule has 5 heteroatoms. The standard InChI is InChI=1S/C11H12N4S/c1-15(11(12)16)9-4-2-8(3-5-9)10-6-13-7-14-10/h2-7H,1H3,(H2,12,16)(H,13,14). The summed E-state index contributed by atoms with van der Waals surface area (Å²) in [5.41, 5.74) is 8.58. The van der Waals surface area contributed by atoms with Crippen molar-refractivity contribution in [2.75, 3.05) is 11.9 Å². The van der Waals surface area contributed by atoms with Crippen LogP contribution in [-0.2, 0) is 0 Å². The van der Waals surface area contributed by atoms with E-state index in [2.05, 4.69) is 9.97 Å². The topological polar surface area (TPSA) is 57.9 Å². The molecular formula is C11H12N4S. The second kappa shape index (κ2) is 4.32. The Balaban J connectivity index is 2.26. The number of aromatic nitrogens is 2. The maximum absolute atomic E-state index is 5.54. The Hall–Kier alpha value is -1.88. The van der Waals surface area contributed by atoms with Gasteiger partial charge < -0.3 is 15.6 Å². The predicted molar refractivity (Wildman–Crippen MR) is 69.2 cm³/mol. The average Bonchev–Trinajstić information content (AvgIpc) is 2.81. The number of imidazole rings is 1. The zero-order chi connectivity index (χ0) is 11.5. The molecule has 2 rings (SSSR count). The number of anilines is 1. The van der Waals surface area contributed by atoms with Crippen LogP contribution in [0.15, 0.2) is 36.8 Å². The molecular weight excluding hydrogens is 220 g/mol. The Morgan fingerprint density at radius 3 is 2.56 bits per heavy atom. The van der Waals surface area contributed by atoms with Gasteiger partial charge in [-0.3, -0.25) is 0 Å². The maximum atomic E-state index is 5.54. The summed E-state index contributed by atoms with van der Waals surface area (Å²) < 4.78 is 0. The van der Waals surface area contributed by atoms with Crippen molar-refractivity contribution in [3.05, 3.63) is 36.8 Å². The second-order valence-electron chi connectivity index (χ2n) is 3.41. The van der Waals surface area contributed by atoms with Gasteiger partial charge in [-0.05, 0) is 29.9 Å². The highest BCUT2D eigenvalue weighted by atomic mass is 32.1. The monoisotopic (exact) mass is 232 g/mol. The van der Waals surface area contributed by atoms with Crippen LogP contribution < -0.4 is 10.6 Å². The SMILES string of the molecule is CN(C(N)=S)c1ccc(-c2cnc[nH]2)cc1. The van der Waals surface area contributed by atoms with E-state index in [1.54, 1.807) is 17.4 Å². The number of rotatable bonds is 2. The van der Waals surface area contributed by atoms with Gasteiger partial charge in [0.2, 0.25) is 0 Å². The van der Waals surface area contributed by atoms with E-state index in [0.717, 1.165) is 16.9 Å². The molecule has 16 heavy (non-hydrogen) atoms. The molecule has 0 amide bonds. The molecule has 4 nitrogen and oxygen atoms in total. The molecule has 1 aromatic heterocycles. The Labute approximate surface area is 99.1 Å². The molecule has 0 saturated heterocycles. The summed E-state index contributed by atoms with van der Waals surface area (Å²) in [6.07, 6.45) is 3.44. The third-order valence-corrected chi connectivity index (χ3v) is 2.67.